The van der Waals surface area contributed by atoms with Crippen LogP contribution >= 0.6 is 0 Å². The molecule has 0 fully saturated rings. The molecule has 1 aromatic heterocycles. The lowest BCUT2D eigenvalue weighted by Crippen LogP contribution is -2.20. The molecular weight excluding hydrogens is 307 g/mol. The number of aromatic nitrogens is 2. The van der Waals surface area contributed by atoms with Gasteiger partial charge in [0.15, 0.2) is 0 Å². The first-order chi connectivity index (χ1) is 11.6. The highest BCUT2D eigenvalue weighted by atomic mass is 19.1. The zero-order valence-corrected chi connectivity index (χ0v) is 13.0. The van der Waals surface area contributed by atoms with E-state index in [1.54, 1.807) is 22.9 Å². The third kappa shape index (κ3) is 3.38. The van der Waals surface area contributed by atoms with Crippen molar-refractivity contribution in [3.8, 4) is 5.69 Å². The maximum Gasteiger partial charge on any atom is 0.289 e. The van der Waals surface area contributed by atoms with Gasteiger partial charge in [-0.2, -0.15) is 5.10 Å². The number of hydrogen-bond acceptors (Lipinski definition) is 3. The van der Waals surface area contributed by atoms with Crippen molar-refractivity contribution in [3.05, 3.63) is 83.7 Å². The Bertz CT molecular complexity index is 884. The molecule has 0 aliphatic heterocycles. The van der Waals surface area contributed by atoms with Crippen LogP contribution in [0.15, 0.2) is 66.2 Å². The summed E-state index contributed by atoms with van der Waals surface area (Å²) in [5, 5.41) is 3.98. The Morgan fingerprint density at radius 3 is 2.71 bits per heavy atom. The molecule has 2 aromatic carbocycles. The summed E-state index contributed by atoms with van der Waals surface area (Å²) in [5.41, 5.74) is 5.41. The highest BCUT2D eigenvalue weighted by molar-refractivity contribution is 5.93. The molecule has 0 saturated carbocycles. The molecule has 0 aliphatic rings. The van der Waals surface area contributed by atoms with E-state index in [1.165, 1.54) is 24.7 Å². The highest BCUT2D eigenvalue weighted by Gasteiger charge is 2.12. The van der Waals surface area contributed by atoms with Gasteiger partial charge in [-0.25, -0.2) is 14.8 Å². The van der Waals surface area contributed by atoms with Gasteiger partial charge in [0.25, 0.3) is 5.91 Å². The van der Waals surface area contributed by atoms with E-state index in [2.05, 4.69) is 15.5 Å². The van der Waals surface area contributed by atoms with E-state index in [4.69, 9.17) is 0 Å². The Hall–Kier alpha value is -3.28. The molecule has 1 heterocycles. The fraction of sp³-hybridized carbons (Fsp3) is 0.0556. The number of amides is 1. The largest absolute Gasteiger partial charge is 0.295 e. The second-order valence-electron chi connectivity index (χ2n) is 5.18. The predicted molar refractivity (Wildman–Crippen MR) is 89.8 cm³/mol. The Labute approximate surface area is 138 Å². The number of carbonyl (C=O) groups excluding carboxylic acids is 1. The zero-order chi connectivity index (χ0) is 16.9. The molecule has 120 valence electrons. The first-order valence-corrected chi connectivity index (χ1v) is 7.32. The van der Waals surface area contributed by atoms with Crippen LogP contribution in [0.4, 0.5) is 4.39 Å². The van der Waals surface area contributed by atoms with E-state index < -0.39 is 5.91 Å². The molecule has 0 radical (unpaired) electrons. The first kappa shape index (κ1) is 15.6. The first-order valence-electron chi connectivity index (χ1n) is 7.32. The molecule has 1 amide bonds. The maximum absolute atomic E-state index is 13.0. The molecule has 6 heteroatoms. The third-order valence-corrected chi connectivity index (χ3v) is 3.53. The lowest BCUT2D eigenvalue weighted by atomic mass is 10.1. The second-order valence-corrected chi connectivity index (χ2v) is 5.18. The fourth-order valence-electron chi connectivity index (χ4n) is 2.22. The lowest BCUT2D eigenvalue weighted by Gasteiger charge is -2.06. The molecule has 0 saturated heterocycles. The highest BCUT2D eigenvalue weighted by Crippen LogP contribution is 2.12. The molecule has 0 unspecified atom stereocenters. The summed E-state index contributed by atoms with van der Waals surface area (Å²) >= 11 is 0. The van der Waals surface area contributed by atoms with E-state index in [-0.39, 0.29) is 5.82 Å². The minimum absolute atomic E-state index is 0.309. The number of imidazole rings is 1. The van der Waals surface area contributed by atoms with Crippen molar-refractivity contribution in [1.29, 1.82) is 0 Å². The van der Waals surface area contributed by atoms with Crippen LogP contribution in [0, 0.1) is 12.7 Å². The molecular formula is C18H15FN4O. The number of hydrogen-bond donors (Lipinski definition) is 1. The van der Waals surface area contributed by atoms with Crippen LogP contribution in [0.1, 0.15) is 21.6 Å². The van der Waals surface area contributed by atoms with Crippen LogP contribution < -0.4 is 5.43 Å². The smallest absolute Gasteiger partial charge is 0.289 e. The van der Waals surface area contributed by atoms with E-state index in [0.717, 1.165) is 11.1 Å². The van der Waals surface area contributed by atoms with Crippen molar-refractivity contribution in [2.45, 2.75) is 6.92 Å². The summed E-state index contributed by atoms with van der Waals surface area (Å²) in [6.45, 7) is 1.97. The number of nitrogens with zero attached hydrogens (tertiary/aromatic N) is 3. The van der Waals surface area contributed by atoms with Crippen molar-refractivity contribution < 1.29 is 9.18 Å². The maximum atomic E-state index is 13.0. The Morgan fingerprint density at radius 2 is 1.96 bits per heavy atom. The molecule has 1 N–H and O–H groups in total. The minimum atomic E-state index is -0.401. The summed E-state index contributed by atoms with van der Waals surface area (Å²) in [5.74, 6) is -0.741. The van der Waals surface area contributed by atoms with E-state index in [9.17, 15) is 9.18 Å². The van der Waals surface area contributed by atoms with Crippen LogP contribution in [0.2, 0.25) is 0 Å². The Morgan fingerprint density at radius 1 is 1.21 bits per heavy atom. The molecule has 5 nitrogen and oxygen atoms in total. The number of rotatable bonds is 4. The van der Waals surface area contributed by atoms with Crippen molar-refractivity contribution in [2.75, 3.05) is 0 Å². The summed E-state index contributed by atoms with van der Waals surface area (Å²) in [7, 11) is 0. The summed E-state index contributed by atoms with van der Waals surface area (Å²) in [6.07, 6.45) is 4.51. The van der Waals surface area contributed by atoms with E-state index >= 15 is 0 Å². The fourth-order valence-corrected chi connectivity index (χ4v) is 2.22. The average Bonchev–Trinajstić information content (AvgIpc) is 3.07. The lowest BCUT2D eigenvalue weighted by molar-refractivity contribution is 0.0948. The van der Waals surface area contributed by atoms with Gasteiger partial charge in [0.05, 0.1) is 18.7 Å². The van der Waals surface area contributed by atoms with Gasteiger partial charge in [0.2, 0.25) is 0 Å². The van der Waals surface area contributed by atoms with Gasteiger partial charge < -0.3 is 0 Å². The SMILES string of the molecule is Cc1ccccc1/C=N\NC(=O)c1cncn1-c1ccc(F)cc1. The summed E-state index contributed by atoms with van der Waals surface area (Å²) in [6, 6.07) is 13.5. The quantitative estimate of drug-likeness (QED) is 0.593. The van der Waals surface area contributed by atoms with E-state index in [1.807, 2.05) is 31.2 Å². The number of benzene rings is 2. The van der Waals surface area contributed by atoms with Crippen molar-refractivity contribution >= 4 is 12.1 Å². The van der Waals surface area contributed by atoms with Gasteiger partial charge in [-0.05, 0) is 42.3 Å². The molecule has 3 rings (SSSR count). The summed E-state index contributed by atoms with van der Waals surface area (Å²) in [4.78, 5) is 16.3. The van der Waals surface area contributed by atoms with Crippen molar-refractivity contribution in [3.63, 3.8) is 0 Å². The van der Waals surface area contributed by atoms with Crippen LogP contribution in [0.3, 0.4) is 0 Å². The number of nitrogens with one attached hydrogen (secondary N) is 1. The molecule has 3 aromatic rings. The minimum Gasteiger partial charge on any atom is -0.295 e. The number of halogens is 1. The molecule has 0 atom stereocenters. The zero-order valence-electron chi connectivity index (χ0n) is 13.0. The third-order valence-electron chi connectivity index (χ3n) is 3.53. The van der Waals surface area contributed by atoms with Gasteiger partial charge in [-0.1, -0.05) is 24.3 Å². The normalized spacial score (nSPS) is 10.9. The number of aryl methyl sites for hydroxylation is 1. The van der Waals surface area contributed by atoms with Crippen LogP contribution in [-0.2, 0) is 0 Å². The van der Waals surface area contributed by atoms with Gasteiger partial charge in [0.1, 0.15) is 11.5 Å². The number of carbonyl (C=O) groups is 1. The van der Waals surface area contributed by atoms with Crippen LogP contribution in [0.25, 0.3) is 5.69 Å². The number of hydrazone groups is 1. The van der Waals surface area contributed by atoms with Crippen molar-refractivity contribution in [2.24, 2.45) is 5.10 Å². The molecule has 0 spiro atoms. The van der Waals surface area contributed by atoms with Gasteiger partial charge in [-0.15, -0.1) is 0 Å². The molecule has 24 heavy (non-hydrogen) atoms. The predicted octanol–water partition coefficient (Wildman–Crippen LogP) is 3.08. The summed E-state index contributed by atoms with van der Waals surface area (Å²) < 4.78 is 14.6. The van der Waals surface area contributed by atoms with Crippen LogP contribution in [-0.4, -0.2) is 21.7 Å². The van der Waals surface area contributed by atoms with Gasteiger partial charge in [0, 0.05) is 5.69 Å². The van der Waals surface area contributed by atoms with Gasteiger partial charge >= 0.3 is 0 Å². The molecule has 0 bridgehead atoms. The average molecular weight is 322 g/mol. The standard InChI is InChI=1S/C18H15FN4O/c1-13-4-2-3-5-14(13)10-21-22-18(24)17-11-20-12-23(17)16-8-6-15(19)7-9-16/h2-12H,1H3,(H,22,24)/b21-10-. The Kier molecular flexibility index (Phi) is 4.47. The van der Waals surface area contributed by atoms with Gasteiger partial charge in [-0.3, -0.25) is 9.36 Å². The van der Waals surface area contributed by atoms with Crippen molar-refractivity contribution in [1.82, 2.24) is 15.0 Å². The van der Waals surface area contributed by atoms with E-state index in [0.29, 0.717) is 11.4 Å². The van der Waals surface area contributed by atoms with Crippen LogP contribution in [0.5, 0.6) is 0 Å². The second kappa shape index (κ2) is 6.87. The topological polar surface area (TPSA) is 59.3 Å². The Balaban J connectivity index is 1.76. The monoisotopic (exact) mass is 322 g/mol. The molecule has 0 aliphatic carbocycles.